The molecule has 30 aromatic rings. The molecule has 21 aromatic carbocycles. The van der Waals surface area contributed by atoms with Crippen LogP contribution in [0.2, 0.25) is 0 Å². The molecule has 141 heavy (non-hydrogen) atoms. The van der Waals surface area contributed by atoms with Crippen molar-refractivity contribution in [1.82, 2.24) is 27.4 Å². The molecule has 660 valence electrons. The van der Waals surface area contributed by atoms with Gasteiger partial charge in [-0.2, -0.15) is 0 Å². The summed E-state index contributed by atoms with van der Waals surface area (Å²) in [5, 5.41) is 18.6. The van der Waals surface area contributed by atoms with Crippen LogP contribution in [0, 0.1) is 0 Å². The lowest BCUT2D eigenvalue weighted by atomic mass is 10.0. The summed E-state index contributed by atoms with van der Waals surface area (Å²) in [5.41, 5.74) is 35.0. The van der Waals surface area contributed by atoms with Crippen LogP contribution in [-0.2, 0) is 0 Å². The minimum absolute atomic E-state index is 0.875. The van der Waals surface area contributed by atoms with Gasteiger partial charge in [0.25, 0.3) is 0 Å². The second-order valence-electron chi connectivity index (χ2n) is 36.6. The predicted molar refractivity (Wildman–Crippen MR) is 593 cm³/mol. The highest BCUT2D eigenvalue weighted by Crippen LogP contribution is 2.47. The lowest BCUT2D eigenvalue weighted by Crippen LogP contribution is -1.94. The summed E-state index contributed by atoms with van der Waals surface area (Å²) < 4.78 is 27.7. The number of hydrogen-bond acceptors (Lipinski definition) is 3. The van der Waals surface area contributed by atoms with Gasteiger partial charge in [0, 0.05) is 130 Å². The first-order valence-electron chi connectivity index (χ1n) is 48.0. The van der Waals surface area contributed by atoms with Gasteiger partial charge < -0.3 is 36.2 Å². The first kappa shape index (κ1) is 80.9. The van der Waals surface area contributed by atoms with E-state index in [0.717, 1.165) is 55.8 Å². The largest absolute Gasteiger partial charge is 0.464 e. The lowest BCUT2D eigenvalue weighted by Gasteiger charge is -2.10. The lowest BCUT2D eigenvalue weighted by molar-refractivity contribution is 0.617. The minimum atomic E-state index is 0.875. The quantitative estimate of drug-likeness (QED) is 0.122. The standard InChI is InChI=1S/2C44H28N2O.C44H28N2S/c1-2-13-33(14-3-1)45-39-18-7-5-16-35(39)37-26-29(21-23-41(37)45)30-22-24-42-38(27-30)36-17-6-8-19-40(36)46(42)34-15-10-12-31(25-34)44-28-32-11-4-9-20-43(32)47-44;1-2-12-32(13-3-1)45-40-18-7-4-15-34(40)37-26-29(21-23-42(37)45)30-22-24-43-38(27-30)35-16-5-8-19-41(35)46(43)33-14-10-11-31(25-33)39-28-47-44-20-9-6-17-36(39)44;1-2-11-33(12-3-1)45-39-15-7-5-13-35(39)37-26-30(20-24-41(37)45)31-21-25-42-38(27-31)36-14-6-8-16-40(36)46(42)34-22-18-29(19-23-34)44-28-32-10-4-9-17-43(32)47-44/h3*1-28H. The fraction of sp³-hybridized carbons (Fsp3) is 0. The molecule has 0 aliphatic carbocycles. The summed E-state index contributed by atoms with van der Waals surface area (Å²) in [6.45, 7) is 0. The molecule has 0 fully saturated rings. The van der Waals surface area contributed by atoms with Gasteiger partial charge in [-0.15, -0.1) is 11.3 Å². The highest BCUT2D eigenvalue weighted by Gasteiger charge is 2.24. The van der Waals surface area contributed by atoms with Crippen molar-refractivity contribution in [3.8, 4) is 100 Å². The Bertz CT molecular complexity index is 10100. The Morgan fingerprint density at radius 3 is 0.823 bits per heavy atom. The highest BCUT2D eigenvalue weighted by atomic mass is 32.1. The normalized spacial score (nSPS) is 11.8. The van der Waals surface area contributed by atoms with E-state index in [9.17, 15) is 0 Å². The number of rotatable bonds is 12. The van der Waals surface area contributed by atoms with E-state index >= 15 is 0 Å². The Balaban J connectivity index is 0.000000104. The van der Waals surface area contributed by atoms with E-state index in [-0.39, 0.29) is 0 Å². The number of thiophene rings is 1. The Morgan fingerprint density at radius 1 is 0.163 bits per heavy atom. The predicted octanol–water partition coefficient (Wildman–Crippen LogP) is 36.4. The van der Waals surface area contributed by atoms with Crippen LogP contribution < -0.4 is 0 Å². The fourth-order valence-corrected chi connectivity index (χ4v) is 23.2. The van der Waals surface area contributed by atoms with Gasteiger partial charge in [-0.1, -0.05) is 291 Å². The molecule has 9 heteroatoms. The van der Waals surface area contributed by atoms with Crippen molar-refractivity contribution in [3.63, 3.8) is 0 Å². The van der Waals surface area contributed by atoms with Crippen molar-refractivity contribution in [2.24, 2.45) is 0 Å². The zero-order valence-electron chi connectivity index (χ0n) is 76.4. The van der Waals surface area contributed by atoms with Gasteiger partial charge in [-0.05, 0) is 262 Å². The Labute approximate surface area is 814 Å². The first-order chi connectivity index (χ1) is 69.9. The van der Waals surface area contributed by atoms with Crippen LogP contribution in [0.4, 0.5) is 0 Å². The van der Waals surface area contributed by atoms with Crippen molar-refractivity contribution >= 4 is 174 Å². The molecule has 8 nitrogen and oxygen atoms in total. The van der Waals surface area contributed by atoms with Crippen molar-refractivity contribution < 1.29 is 8.83 Å². The van der Waals surface area contributed by atoms with Gasteiger partial charge in [0.05, 0.1) is 72.5 Å². The zero-order valence-corrected chi connectivity index (χ0v) is 77.2. The molecule has 0 saturated carbocycles. The molecule has 0 N–H and O–H groups in total. The molecule has 0 unspecified atom stereocenters. The van der Waals surface area contributed by atoms with Crippen LogP contribution >= 0.6 is 11.3 Å². The summed E-state index contributed by atoms with van der Waals surface area (Å²) >= 11 is 1.85. The third kappa shape index (κ3) is 13.6. The number of aromatic nitrogens is 6. The topological polar surface area (TPSA) is 55.9 Å². The van der Waals surface area contributed by atoms with E-state index in [1.54, 1.807) is 0 Å². The van der Waals surface area contributed by atoms with Crippen LogP contribution in [0.25, 0.3) is 263 Å². The third-order valence-corrected chi connectivity index (χ3v) is 29.8. The molecule has 0 aliphatic rings. The van der Waals surface area contributed by atoms with E-state index < -0.39 is 0 Å². The Kier molecular flexibility index (Phi) is 19.0. The number of benzene rings is 21. The Morgan fingerprint density at radius 2 is 0.447 bits per heavy atom. The highest BCUT2D eigenvalue weighted by molar-refractivity contribution is 7.22. The van der Waals surface area contributed by atoms with Crippen LogP contribution in [-0.4, -0.2) is 27.4 Å². The smallest absolute Gasteiger partial charge is 0.135 e. The van der Waals surface area contributed by atoms with Crippen LogP contribution in [0.3, 0.4) is 0 Å². The summed E-state index contributed by atoms with van der Waals surface area (Å²) in [7, 11) is 0. The maximum absolute atomic E-state index is 6.24. The molecule has 0 amide bonds. The number of nitrogens with zero attached hydrogens (tertiary/aromatic N) is 6. The SMILES string of the molecule is c1ccc(-n2c3ccccc3c3cc(-c4ccc5c(c4)c4ccccc4n5-c4ccc(-c5cc6ccccc6s5)cc4)ccc32)cc1.c1ccc(-n2c3ccccc3c3cc(-c4ccc5c(c4)c4ccccc4n5-c4cccc(-c5cc6ccccc6o5)c4)ccc32)cc1.c1ccc(-n2c3ccccc3c3cc(-c4ccc5c(c4)c4ccccc4n5-c4cccc(-c5coc6ccccc56)c4)ccc32)cc1. The average Bonchev–Trinajstić information content (AvgIpc) is 1.59. The second-order valence-corrected chi connectivity index (χ2v) is 37.7. The van der Waals surface area contributed by atoms with Gasteiger partial charge >= 0.3 is 0 Å². The molecule has 0 atom stereocenters. The van der Waals surface area contributed by atoms with E-state index in [2.05, 4.69) is 501 Å². The van der Waals surface area contributed by atoms with Gasteiger partial charge in [-0.3, -0.25) is 0 Å². The van der Waals surface area contributed by atoms with Gasteiger partial charge in [-0.25, -0.2) is 0 Å². The number of hydrogen-bond donors (Lipinski definition) is 0. The van der Waals surface area contributed by atoms with E-state index in [1.165, 1.54) is 207 Å². The number of fused-ring (bicyclic) bond motifs is 21. The van der Waals surface area contributed by atoms with Crippen molar-refractivity contribution in [2.45, 2.75) is 0 Å². The van der Waals surface area contributed by atoms with Crippen molar-refractivity contribution in [3.05, 3.63) is 510 Å². The molecule has 0 radical (unpaired) electrons. The van der Waals surface area contributed by atoms with Crippen molar-refractivity contribution in [1.29, 1.82) is 0 Å². The van der Waals surface area contributed by atoms with Gasteiger partial charge in [0.15, 0.2) is 0 Å². The maximum atomic E-state index is 6.24. The molecule has 0 bridgehead atoms. The molecule has 0 spiro atoms. The Hall–Kier alpha value is -18.5. The van der Waals surface area contributed by atoms with Crippen LogP contribution in [0.15, 0.2) is 519 Å². The summed E-state index contributed by atoms with van der Waals surface area (Å²) in [6, 6.07) is 182. The van der Waals surface area contributed by atoms with Crippen LogP contribution in [0.1, 0.15) is 0 Å². The molecule has 9 heterocycles. The van der Waals surface area contributed by atoms with E-state index in [1.807, 2.05) is 47.9 Å². The maximum Gasteiger partial charge on any atom is 0.135 e. The number of furan rings is 2. The minimum Gasteiger partial charge on any atom is -0.464 e. The molecule has 30 rings (SSSR count). The molecule has 9 aromatic heterocycles. The summed E-state index contributed by atoms with van der Waals surface area (Å²) in [5.74, 6) is 0.875. The van der Waals surface area contributed by atoms with Crippen molar-refractivity contribution in [2.75, 3.05) is 0 Å². The van der Waals surface area contributed by atoms with E-state index in [0.29, 0.717) is 0 Å². The second kappa shape index (κ2) is 33.2. The fourth-order valence-electron chi connectivity index (χ4n) is 22.2. The average molecular weight is 1820 g/mol. The molecule has 0 aliphatic heterocycles. The third-order valence-electron chi connectivity index (χ3n) is 28.6. The monoisotopic (exact) mass is 1820 g/mol. The van der Waals surface area contributed by atoms with Crippen LogP contribution in [0.5, 0.6) is 0 Å². The molecular formula is C132H84N6O2S. The van der Waals surface area contributed by atoms with Gasteiger partial charge in [0.2, 0.25) is 0 Å². The zero-order chi connectivity index (χ0) is 92.7. The first-order valence-corrected chi connectivity index (χ1v) is 48.9. The van der Waals surface area contributed by atoms with Gasteiger partial charge in [0.1, 0.15) is 16.9 Å². The molecule has 0 saturated heterocycles. The summed E-state index contributed by atoms with van der Waals surface area (Å²) in [6.07, 6.45) is 1.87. The summed E-state index contributed by atoms with van der Waals surface area (Å²) in [4.78, 5) is 1.30. The molecular weight excluding hydrogens is 1730 g/mol. The number of para-hydroxylation sites is 11. The van der Waals surface area contributed by atoms with E-state index in [4.69, 9.17) is 8.83 Å².